The molecule has 0 unspecified atom stereocenters. The van der Waals surface area contributed by atoms with Crippen LogP contribution in [0.15, 0.2) is 23.6 Å². The van der Waals surface area contributed by atoms with E-state index in [-0.39, 0.29) is 5.91 Å². The number of thiazole rings is 1. The van der Waals surface area contributed by atoms with E-state index in [0.29, 0.717) is 5.69 Å². The molecule has 0 fully saturated rings. The summed E-state index contributed by atoms with van der Waals surface area (Å²) < 4.78 is 0. The van der Waals surface area contributed by atoms with Gasteiger partial charge in [0.15, 0.2) is 0 Å². The monoisotopic (exact) mass is 273 g/mol. The van der Waals surface area contributed by atoms with Gasteiger partial charge in [-0.3, -0.25) is 9.69 Å². The molecule has 2 aromatic rings. The van der Waals surface area contributed by atoms with E-state index < -0.39 is 0 Å². The Morgan fingerprint density at radius 2 is 2.16 bits per heavy atom. The highest BCUT2D eigenvalue weighted by Crippen LogP contribution is 2.24. The lowest BCUT2D eigenvalue weighted by Gasteiger charge is -2.05. The standard InChI is InChI=1S/C14H15N3OS/c1-9-15-13(8-19-9)14(18)16-12-4-3-10-6-17(2)7-11(10)5-12/h3-5,8H,6-7H2,1-2H3,(H,16,18). The van der Waals surface area contributed by atoms with Crippen LogP contribution in [0, 0.1) is 6.92 Å². The topological polar surface area (TPSA) is 45.2 Å². The largest absolute Gasteiger partial charge is 0.321 e. The number of anilines is 1. The van der Waals surface area contributed by atoms with Gasteiger partial charge in [0.1, 0.15) is 5.69 Å². The molecule has 98 valence electrons. The minimum atomic E-state index is -0.143. The van der Waals surface area contributed by atoms with Crippen molar-refractivity contribution in [2.75, 3.05) is 12.4 Å². The number of fused-ring (bicyclic) bond motifs is 1. The van der Waals surface area contributed by atoms with Gasteiger partial charge < -0.3 is 5.32 Å². The van der Waals surface area contributed by atoms with Crippen LogP contribution >= 0.6 is 11.3 Å². The summed E-state index contributed by atoms with van der Waals surface area (Å²) in [6, 6.07) is 6.09. The average Bonchev–Trinajstić information content (AvgIpc) is 2.93. The molecular weight excluding hydrogens is 258 g/mol. The van der Waals surface area contributed by atoms with Crippen LogP contribution in [0.2, 0.25) is 0 Å². The number of aromatic nitrogens is 1. The number of benzene rings is 1. The number of nitrogens with zero attached hydrogens (tertiary/aromatic N) is 2. The molecule has 19 heavy (non-hydrogen) atoms. The number of hydrogen-bond acceptors (Lipinski definition) is 4. The SMILES string of the molecule is Cc1nc(C(=O)Nc2ccc3c(c2)CN(C)C3)cs1. The highest BCUT2D eigenvalue weighted by Gasteiger charge is 2.16. The highest BCUT2D eigenvalue weighted by atomic mass is 32.1. The van der Waals surface area contributed by atoms with Crippen LogP contribution in [0.1, 0.15) is 26.6 Å². The zero-order valence-corrected chi connectivity index (χ0v) is 11.8. The van der Waals surface area contributed by atoms with Gasteiger partial charge in [0.05, 0.1) is 5.01 Å². The molecule has 1 aromatic carbocycles. The van der Waals surface area contributed by atoms with Crippen molar-refractivity contribution < 1.29 is 4.79 Å². The smallest absolute Gasteiger partial charge is 0.275 e. The fraction of sp³-hybridized carbons (Fsp3) is 0.286. The van der Waals surface area contributed by atoms with Crippen molar-refractivity contribution in [1.82, 2.24) is 9.88 Å². The molecule has 1 aliphatic rings. The number of carbonyl (C=O) groups excluding carboxylic acids is 1. The molecule has 0 aliphatic carbocycles. The molecule has 1 aromatic heterocycles. The Morgan fingerprint density at radius 1 is 1.37 bits per heavy atom. The summed E-state index contributed by atoms with van der Waals surface area (Å²) in [7, 11) is 2.09. The lowest BCUT2D eigenvalue weighted by Crippen LogP contribution is -2.12. The van der Waals surface area contributed by atoms with Crippen LogP contribution in [0.4, 0.5) is 5.69 Å². The lowest BCUT2D eigenvalue weighted by molar-refractivity contribution is 0.102. The molecule has 1 aliphatic heterocycles. The van der Waals surface area contributed by atoms with Crippen LogP contribution in [-0.2, 0) is 13.1 Å². The van der Waals surface area contributed by atoms with Crippen molar-refractivity contribution in [2.24, 2.45) is 0 Å². The van der Waals surface area contributed by atoms with E-state index >= 15 is 0 Å². The summed E-state index contributed by atoms with van der Waals surface area (Å²) in [4.78, 5) is 18.5. The Balaban J connectivity index is 1.77. The van der Waals surface area contributed by atoms with Crippen molar-refractivity contribution in [3.05, 3.63) is 45.4 Å². The first kappa shape index (κ1) is 12.3. The second kappa shape index (κ2) is 4.75. The van der Waals surface area contributed by atoms with E-state index in [0.717, 1.165) is 23.8 Å². The number of amides is 1. The summed E-state index contributed by atoms with van der Waals surface area (Å²) in [5.74, 6) is -0.143. The molecule has 0 atom stereocenters. The molecule has 0 saturated heterocycles. The Bertz CT molecular complexity index is 635. The summed E-state index contributed by atoms with van der Waals surface area (Å²) in [5.41, 5.74) is 3.95. The quantitative estimate of drug-likeness (QED) is 0.915. The first-order valence-electron chi connectivity index (χ1n) is 6.15. The van der Waals surface area contributed by atoms with Crippen LogP contribution in [0.3, 0.4) is 0 Å². The fourth-order valence-corrected chi connectivity index (χ4v) is 2.90. The van der Waals surface area contributed by atoms with E-state index in [2.05, 4.69) is 34.4 Å². The zero-order valence-electron chi connectivity index (χ0n) is 10.9. The molecule has 1 amide bonds. The molecular formula is C14H15N3OS. The molecule has 0 bridgehead atoms. The zero-order chi connectivity index (χ0) is 13.4. The summed E-state index contributed by atoms with van der Waals surface area (Å²) in [6.07, 6.45) is 0. The van der Waals surface area contributed by atoms with Gasteiger partial charge in [-0.15, -0.1) is 11.3 Å². The molecule has 4 nitrogen and oxygen atoms in total. The minimum absolute atomic E-state index is 0.143. The third-order valence-electron chi connectivity index (χ3n) is 3.20. The summed E-state index contributed by atoms with van der Waals surface area (Å²) in [5, 5.41) is 5.59. The third kappa shape index (κ3) is 2.52. The molecule has 0 radical (unpaired) electrons. The summed E-state index contributed by atoms with van der Waals surface area (Å²) >= 11 is 1.49. The Hall–Kier alpha value is -1.72. The molecule has 3 rings (SSSR count). The van der Waals surface area contributed by atoms with Gasteiger partial charge in [-0.25, -0.2) is 4.98 Å². The number of hydrogen-bond donors (Lipinski definition) is 1. The van der Waals surface area contributed by atoms with Gasteiger partial charge in [-0.2, -0.15) is 0 Å². The van der Waals surface area contributed by atoms with E-state index in [1.807, 2.05) is 13.0 Å². The number of aryl methyl sites for hydroxylation is 1. The maximum Gasteiger partial charge on any atom is 0.275 e. The number of carbonyl (C=O) groups is 1. The molecule has 2 heterocycles. The minimum Gasteiger partial charge on any atom is -0.321 e. The van der Waals surface area contributed by atoms with E-state index in [4.69, 9.17) is 0 Å². The van der Waals surface area contributed by atoms with Crippen molar-refractivity contribution >= 4 is 22.9 Å². The van der Waals surface area contributed by atoms with Crippen molar-refractivity contribution in [3.63, 3.8) is 0 Å². The number of nitrogens with one attached hydrogen (secondary N) is 1. The van der Waals surface area contributed by atoms with Gasteiger partial charge >= 0.3 is 0 Å². The van der Waals surface area contributed by atoms with Crippen LogP contribution in [0.5, 0.6) is 0 Å². The molecule has 1 N–H and O–H groups in total. The molecule has 0 saturated carbocycles. The Labute approximate surface area is 116 Å². The van der Waals surface area contributed by atoms with Gasteiger partial charge in [-0.1, -0.05) is 6.07 Å². The normalized spacial score (nSPS) is 14.4. The molecule has 5 heteroatoms. The van der Waals surface area contributed by atoms with E-state index in [9.17, 15) is 4.79 Å². The highest BCUT2D eigenvalue weighted by molar-refractivity contribution is 7.09. The Kier molecular flexibility index (Phi) is 3.08. The van der Waals surface area contributed by atoms with Gasteiger partial charge in [-0.05, 0) is 37.2 Å². The predicted molar refractivity (Wildman–Crippen MR) is 76.4 cm³/mol. The van der Waals surface area contributed by atoms with Crippen LogP contribution in [-0.4, -0.2) is 22.8 Å². The number of rotatable bonds is 2. The maximum absolute atomic E-state index is 12.0. The summed E-state index contributed by atoms with van der Waals surface area (Å²) in [6.45, 7) is 3.82. The lowest BCUT2D eigenvalue weighted by atomic mass is 10.1. The van der Waals surface area contributed by atoms with E-state index in [1.54, 1.807) is 5.38 Å². The van der Waals surface area contributed by atoms with E-state index in [1.165, 1.54) is 22.5 Å². The fourth-order valence-electron chi connectivity index (χ4n) is 2.31. The third-order valence-corrected chi connectivity index (χ3v) is 3.97. The molecule has 0 spiro atoms. The second-order valence-corrected chi connectivity index (χ2v) is 5.92. The van der Waals surface area contributed by atoms with Crippen LogP contribution in [0.25, 0.3) is 0 Å². The predicted octanol–water partition coefficient (Wildman–Crippen LogP) is 2.65. The first-order valence-corrected chi connectivity index (χ1v) is 7.03. The van der Waals surface area contributed by atoms with Gasteiger partial charge in [0.25, 0.3) is 5.91 Å². The van der Waals surface area contributed by atoms with Crippen molar-refractivity contribution in [2.45, 2.75) is 20.0 Å². The van der Waals surface area contributed by atoms with Crippen LogP contribution < -0.4 is 5.32 Å². The average molecular weight is 273 g/mol. The van der Waals surface area contributed by atoms with Gasteiger partial charge in [0, 0.05) is 24.2 Å². The Morgan fingerprint density at radius 3 is 2.89 bits per heavy atom. The first-order chi connectivity index (χ1) is 9.11. The van der Waals surface area contributed by atoms with Crippen molar-refractivity contribution in [3.8, 4) is 0 Å². The maximum atomic E-state index is 12.0. The van der Waals surface area contributed by atoms with Gasteiger partial charge in [0.2, 0.25) is 0 Å². The second-order valence-electron chi connectivity index (χ2n) is 4.86. The van der Waals surface area contributed by atoms with Crippen molar-refractivity contribution in [1.29, 1.82) is 0 Å².